The second-order valence-corrected chi connectivity index (χ2v) is 10.2. The normalized spacial score (nSPS) is 18.6. The van der Waals surface area contributed by atoms with Crippen molar-refractivity contribution >= 4 is 28.0 Å². The van der Waals surface area contributed by atoms with Gasteiger partial charge in [0.1, 0.15) is 5.60 Å². The lowest BCUT2D eigenvalue weighted by atomic mass is 9.83. The van der Waals surface area contributed by atoms with Crippen LogP contribution in [0.2, 0.25) is 0 Å². The first-order valence-electron chi connectivity index (χ1n) is 8.70. The van der Waals surface area contributed by atoms with Gasteiger partial charge in [0.15, 0.2) is 5.16 Å². The maximum Gasteiger partial charge on any atom is 0.534 e. The second kappa shape index (κ2) is 7.41. The zero-order valence-corrected chi connectivity index (χ0v) is 18.2. The van der Waals surface area contributed by atoms with Gasteiger partial charge in [-0.3, -0.25) is 4.90 Å². The molecule has 1 aromatic heterocycles. The number of fused-ring (bicyclic) bond motifs is 1. The molecule has 0 N–H and O–H groups in total. The van der Waals surface area contributed by atoms with Crippen molar-refractivity contribution in [3.05, 3.63) is 11.3 Å². The van der Waals surface area contributed by atoms with Crippen LogP contribution in [0.5, 0.6) is 5.88 Å². The van der Waals surface area contributed by atoms with Crippen LogP contribution in [0.4, 0.5) is 18.0 Å². The third-order valence-electron chi connectivity index (χ3n) is 4.43. The molecule has 3 heterocycles. The van der Waals surface area contributed by atoms with Gasteiger partial charge in [-0.15, -0.1) is 0 Å². The van der Waals surface area contributed by atoms with Gasteiger partial charge in [0.2, 0.25) is 5.88 Å². The Balaban J connectivity index is 2.04. The second-order valence-electron chi connectivity index (χ2n) is 7.88. The summed E-state index contributed by atoms with van der Waals surface area (Å²) in [7, 11) is -5.93. The summed E-state index contributed by atoms with van der Waals surface area (Å²) in [5.74, 6) is -0.697. The lowest BCUT2D eigenvalue weighted by molar-refractivity contribution is -0.144. The van der Waals surface area contributed by atoms with Crippen LogP contribution in [-0.2, 0) is 32.6 Å². The highest BCUT2D eigenvalue weighted by molar-refractivity contribution is 7.98. The molecule has 2 aliphatic rings. The molecule has 1 aromatic rings. The van der Waals surface area contributed by atoms with Gasteiger partial charge in [0.05, 0.1) is 31.0 Å². The van der Waals surface area contributed by atoms with E-state index in [1.54, 1.807) is 27.0 Å². The average molecular weight is 471 g/mol. The third kappa shape index (κ3) is 4.30. The van der Waals surface area contributed by atoms with E-state index in [0.717, 1.165) is 11.8 Å². The van der Waals surface area contributed by atoms with E-state index in [2.05, 4.69) is 14.2 Å². The number of nitrogens with zero attached hydrogens (tertiary/aromatic N) is 3. The van der Waals surface area contributed by atoms with Crippen LogP contribution in [0.1, 0.15) is 32.0 Å². The maximum atomic E-state index is 12.8. The predicted molar refractivity (Wildman–Crippen MR) is 98.4 cm³/mol. The minimum absolute atomic E-state index is 0.00562. The number of carbonyl (C=O) groups excluding carboxylic acids is 1. The summed E-state index contributed by atoms with van der Waals surface area (Å²) in [6, 6.07) is 0. The minimum Gasteiger partial charge on any atom is -0.444 e. The van der Waals surface area contributed by atoms with Crippen molar-refractivity contribution in [1.29, 1.82) is 0 Å². The highest BCUT2D eigenvalue weighted by Crippen LogP contribution is 2.41. The third-order valence-corrected chi connectivity index (χ3v) is 5.92. The van der Waals surface area contributed by atoms with Gasteiger partial charge < -0.3 is 13.7 Å². The largest absolute Gasteiger partial charge is 0.534 e. The monoisotopic (exact) mass is 471 g/mol. The van der Waals surface area contributed by atoms with E-state index in [9.17, 15) is 26.4 Å². The van der Waals surface area contributed by atoms with Crippen LogP contribution in [-0.4, -0.2) is 65.5 Å². The Morgan fingerprint density at radius 1 is 1.23 bits per heavy atom. The Kier molecular flexibility index (Phi) is 5.65. The molecule has 1 spiro atoms. The number of rotatable bonds is 3. The van der Waals surface area contributed by atoms with Crippen molar-refractivity contribution in [2.24, 2.45) is 0 Å². The van der Waals surface area contributed by atoms with Gasteiger partial charge in [-0.25, -0.2) is 9.78 Å². The molecule has 30 heavy (non-hydrogen) atoms. The molecule has 0 radical (unpaired) electrons. The van der Waals surface area contributed by atoms with Crippen LogP contribution in [0.25, 0.3) is 0 Å². The first kappa shape index (κ1) is 22.9. The summed E-state index contributed by atoms with van der Waals surface area (Å²) in [6.07, 6.45) is 0.893. The Morgan fingerprint density at radius 3 is 2.33 bits per heavy atom. The summed E-state index contributed by atoms with van der Waals surface area (Å²) in [5, 5.41) is 0.00562. The minimum atomic E-state index is -5.93. The van der Waals surface area contributed by atoms with E-state index < -0.39 is 38.7 Å². The molecule has 1 saturated heterocycles. The molecular weight excluding hydrogens is 451 g/mol. The number of hydrogen-bond donors (Lipinski definition) is 0. The van der Waals surface area contributed by atoms with Gasteiger partial charge in [0.25, 0.3) is 0 Å². The van der Waals surface area contributed by atoms with E-state index in [4.69, 9.17) is 9.47 Å². The molecule has 1 fully saturated rings. The highest BCUT2D eigenvalue weighted by Gasteiger charge is 2.53. The quantitative estimate of drug-likeness (QED) is 0.284. The number of carbonyl (C=O) groups is 1. The molecule has 0 aromatic carbocycles. The molecule has 2 aliphatic heterocycles. The summed E-state index contributed by atoms with van der Waals surface area (Å²) < 4.78 is 76.7. The summed E-state index contributed by atoms with van der Waals surface area (Å²) in [4.78, 5) is 22.2. The first-order valence-corrected chi connectivity index (χ1v) is 11.3. The van der Waals surface area contributed by atoms with Crippen molar-refractivity contribution in [3.63, 3.8) is 0 Å². The van der Waals surface area contributed by atoms with Gasteiger partial charge in [-0.05, 0) is 27.0 Å². The molecule has 9 nitrogen and oxygen atoms in total. The molecule has 0 saturated carbocycles. The number of halogens is 3. The Bertz CT molecular complexity index is 958. The molecule has 0 unspecified atom stereocenters. The van der Waals surface area contributed by atoms with Gasteiger partial charge >= 0.3 is 21.7 Å². The number of amides is 1. The first-order chi connectivity index (χ1) is 13.7. The zero-order valence-electron chi connectivity index (χ0n) is 16.6. The number of thioether (sulfide) groups is 1. The van der Waals surface area contributed by atoms with Crippen molar-refractivity contribution in [3.8, 4) is 5.88 Å². The van der Waals surface area contributed by atoms with E-state index in [1.807, 2.05) is 0 Å². The number of alkyl halides is 3. The van der Waals surface area contributed by atoms with Crippen LogP contribution in [0.15, 0.2) is 5.16 Å². The SMILES string of the molecule is CSc1nc2c(c(OS(=O)(=O)C(F)(F)F)n1)CC1(COC1)N(C(=O)OC(C)(C)C)C2. The maximum absolute atomic E-state index is 12.8. The molecule has 0 aliphatic carbocycles. The predicted octanol–water partition coefficient (Wildman–Crippen LogP) is 2.49. The summed E-state index contributed by atoms with van der Waals surface area (Å²) in [5.41, 5.74) is -7.03. The van der Waals surface area contributed by atoms with Gasteiger partial charge in [0, 0.05) is 12.0 Å². The number of ether oxygens (including phenoxy) is 2. The van der Waals surface area contributed by atoms with E-state index in [1.165, 1.54) is 4.90 Å². The standard InChI is InChI=1S/C16H20F3N3O6S2/c1-14(2,3)27-13(23)22-6-10-9(5-15(22)7-26-8-15)11(21-12(20-10)29-4)28-30(24,25)16(17,18)19/h5-8H2,1-4H3. The van der Waals surface area contributed by atoms with Gasteiger partial charge in [-0.1, -0.05) is 11.8 Å². The Morgan fingerprint density at radius 2 is 1.87 bits per heavy atom. The van der Waals surface area contributed by atoms with Crippen molar-refractivity contribution in [2.45, 2.75) is 55.5 Å². The Labute approximate surface area is 175 Å². The fraction of sp³-hybridized carbons (Fsp3) is 0.688. The lowest BCUT2D eigenvalue weighted by Crippen LogP contribution is -2.67. The van der Waals surface area contributed by atoms with E-state index in [0.29, 0.717) is 0 Å². The molecule has 0 atom stereocenters. The van der Waals surface area contributed by atoms with Crippen LogP contribution >= 0.6 is 11.8 Å². The summed E-state index contributed by atoms with van der Waals surface area (Å²) in [6.45, 7) is 5.19. The van der Waals surface area contributed by atoms with E-state index >= 15 is 0 Å². The smallest absolute Gasteiger partial charge is 0.444 e. The molecule has 1 amide bonds. The Hall–Kier alpha value is -1.80. The fourth-order valence-corrected chi connectivity index (χ4v) is 3.83. The van der Waals surface area contributed by atoms with Crippen molar-refractivity contribution in [1.82, 2.24) is 14.9 Å². The fourth-order valence-electron chi connectivity index (χ4n) is 3.02. The highest BCUT2D eigenvalue weighted by atomic mass is 32.2. The molecule has 3 rings (SSSR count). The lowest BCUT2D eigenvalue weighted by Gasteiger charge is -2.51. The zero-order chi connectivity index (χ0) is 22.5. The van der Waals surface area contributed by atoms with Crippen molar-refractivity contribution in [2.75, 3.05) is 19.5 Å². The molecule has 14 heteroatoms. The summed E-state index contributed by atoms with van der Waals surface area (Å²) >= 11 is 0.991. The van der Waals surface area contributed by atoms with Crippen molar-refractivity contribution < 1.29 is 40.0 Å². The average Bonchev–Trinajstić information content (AvgIpc) is 2.56. The molecule has 168 valence electrons. The number of hydrogen-bond acceptors (Lipinski definition) is 9. The molecule has 0 bridgehead atoms. The topological polar surface area (TPSA) is 108 Å². The number of aromatic nitrogens is 2. The van der Waals surface area contributed by atoms with Crippen LogP contribution in [0.3, 0.4) is 0 Å². The van der Waals surface area contributed by atoms with Crippen LogP contribution in [0, 0.1) is 0 Å². The molecular formula is C16H20F3N3O6S2. The van der Waals surface area contributed by atoms with E-state index in [-0.39, 0.29) is 42.6 Å². The van der Waals surface area contributed by atoms with Crippen LogP contribution < -0.4 is 4.18 Å². The van der Waals surface area contributed by atoms with Gasteiger partial charge in [-0.2, -0.15) is 26.6 Å².